The van der Waals surface area contributed by atoms with Crippen LogP contribution in [-0.2, 0) is 6.18 Å². The number of amides is 1. The molecule has 3 aliphatic rings. The number of carbonyl (C=O) groups is 1. The molecule has 1 unspecified atom stereocenters. The third-order valence-electron chi connectivity index (χ3n) is 6.66. The van der Waals surface area contributed by atoms with Crippen molar-refractivity contribution in [2.75, 3.05) is 31.5 Å². The van der Waals surface area contributed by atoms with Crippen molar-refractivity contribution in [1.29, 1.82) is 0 Å². The number of aromatic nitrogens is 3. The molecule has 1 aromatic carbocycles. The summed E-state index contributed by atoms with van der Waals surface area (Å²) in [5.74, 6) is -0.0410. The molecule has 8 bridgehead atoms. The predicted octanol–water partition coefficient (Wildman–Crippen LogP) is 5.20. The number of anilines is 1. The lowest BCUT2D eigenvalue weighted by atomic mass is 10.0. The van der Waals surface area contributed by atoms with Crippen LogP contribution in [0.2, 0.25) is 0 Å². The average molecular weight is 551 g/mol. The van der Waals surface area contributed by atoms with Gasteiger partial charge in [-0.1, -0.05) is 12.5 Å². The van der Waals surface area contributed by atoms with Gasteiger partial charge in [-0.25, -0.2) is 9.97 Å². The largest absolute Gasteiger partial charge is 0.419 e. The molecule has 5 heterocycles. The van der Waals surface area contributed by atoms with E-state index in [1.165, 1.54) is 6.20 Å². The van der Waals surface area contributed by atoms with Gasteiger partial charge in [0.25, 0.3) is 5.91 Å². The fourth-order valence-corrected chi connectivity index (χ4v) is 5.52. The number of nitrogens with one attached hydrogen (secondary N) is 3. The van der Waals surface area contributed by atoms with E-state index in [2.05, 4.69) is 46.4 Å². The summed E-state index contributed by atoms with van der Waals surface area (Å²) in [4.78, 5) is 26.6. The first kappa shape index (κ1) is 24.1. The van der Waals surface area contributed by atoms with Gasteiger partial charge in [-0.15, -0.1) is 0 Å². The van der Waals surface area contributed by atoms with E-state index in [-0.39, 0.29) is 23.6 Å². The molecule has 3 N–H and O–H groups in total. The van der Waals surface area contributed by atoms with Crippen molar-refractivity contribution in [3.05, 3.63) is 40.1 Å². The Kier molecular flexibility index (Phi) is 6.71. The van der Waals surface area contributed by atoms with Crippen molar-refractivity contribution in [3.63, 3.8) is 0 Å². The molecule has 35 heavy (non-hydrogen) atoms. The first-order valence-electron chi connectivity index (χ1n) is 11.8. The summed E-state index contributed by atoms with van der Waals surface area (Å²) in [5.41, 5.74) is 0.155. The zero-order valence-electron chi connectivity index (χ0n) is 19.0. The van der Waals surface area contributed by atoms with E-state index in [0.29, 0.717) is 33.0 Å². The molecule has 0 spiro atoms. The van der Waals surface area contributed by atoms with Crippen molar-refractivity contribution >= 4 is 38.7 Å². The second-order valence-electron chi connectivity index (χ2n) is 9.11. The summed E-state index contributed by atoms with van der Waals surface area (Å²) in [6, 6.07) is 3.32. The highest BCUT2D eigenvalue weighted by Gasteiger charge is 2.36. The van der Waals surface area contributed by atoms with Crippen LogP contribution >= 0.6 is 15.9 Å². The Morgan fingerprint density at radius 3 is 2.69 bits per heavy atom. The molecule has 3 aliphatic heterocycles. The van der Waals surface area contributed by atoms with Crippen molar-refractivity contribution < 1.29 is 18.0 Å². The molecule has 186 valence electrons. The summed E-state index contributed by atoms with van der Waals surface area (Å²) in [6.45, 7) is 3.20. The Labute approximate surface area is 209 Å². The summed E-state index contributed by atoms with van der Waals surface area (Å²) in [7, 11) is 0. The lowest BCUT2D eigenvalue weighted by Crippen LogP contribution is -2.36. The molecule has 2 atom stereocenters. The van der Waals surface area contributed by atoms with Gasteiger partial charge in [-0.05, 0) is 60.8 Å². The van der Waals surface area contributed by atoms with Gasteiger partial charge in [0.2, 0.25) is 5.95 Å². The van der Waals surface area contributed by atoms with Crippen LogP contribution in [-0.4, -0.2) is 58.0 Å². The predicted molar refractivity (Wildman–Crippen MR) is 131 cm³/mol. The van der Waals surface area contributed by atoms with E-state index in [1.807, 2.05) is 0 Å². The summed E-state index contributed by atoms with van der Waals surface area (Å²) >= 11 is 3.47. The van der Waals surface area contributed by atoms with Crippen LogP contribution in [0.1, 0.15) is 48.0 Å². The highest BCUT2D eigenvalue weighted by atomic mass is 79.9. The van der Waals surface area contributed by atoms with Crippen LogP contribution < -0.4 is 10.6 Å². The monoisotopic (exact) mass is 550 g/mol. The number of aromatic amines is 1. The molecule has 0 aliphatic carbocycles. The molecule has 11 heteroatoms. The molecule has 0 saturated carbocycles. The van der Waals surface area contributed by atoms with Crippen molar-refractivity contribution in [2.45, 2.75) is 44.3 Å². The maximum absolute atomic E-state index is 13.9. The van der Waals surface area contributed by atoms with Crippen molar-refractivity contribution in [1.82, 2.24) is 25.2 Å². The van der Waals surface area contributed by atoms with Crippen LogP contribution in [0.5, 0.6) is 0 Å². The Bertz CT molecular complexity index is 1240. The van der Waals surface area contributed by atoms with Gasteiger partial charge in [0.15, 0.2) is 0 Å². The number of hydrogen-bond acceptors (Lipinski definition) is 5. The third-order valence-corrected chi connectivity index (χ3v) is 7.49. The van der Waals surface area contributed by atoms with Gasteiger partial charge < -0.3 is 20.5 Å². The van der Waals surface area contributed by atoms with Crippen LogP contribution in [0.4, 0.5) is 19.1 Å². The second kappa shape index (κ2) is 9.77. The molecular formula is C24H26BrF3N6O. The number of nitrogens with zero attached hydrogens (tertiary/aromatic N) is 3. The van der Waals surface area contributed by atoms with E-state index < -0.39 is 11.7 Å². The van der Waals surface area contributed by atoms with Gasteiger partial charge in [-0.2, -0.15) is 13.2 Å². The highest BCUT2D eigenvalue weighted by Crippen LogP contribution is 2.40. The van der Waals surface area contributed by atoms with Crippen LogP contribution in [0, 0.1) is 0 Å². The zero-order chi connectivity index (χ0) is 24.6. The quantitative estimate of drug-likeness (QED) is 0.358. The fourth-order valence-electron chi connectivity index (χ4n) is 4.88. The standard InChI is InChI=1S/C24H26BrF3N6O/c25-19-16-7-6-15-17(11-30-21(15)19)20-18(24(26,27)28)12-31-23(33-20)32-14-5-1-3-9-34(13-14)10-4-2-8-29-22(16)35/h6-7,11-12,14,30H,1-5,8-10,13H2,(H,29,35)(H,31,32,33)/t14-/m0/s1. The van der Waals surface area contributed by atoms with Crippen LogP contribution in [0.3, 0.4) is 0 Å². The Hall–Kier alpha value is -2.66. The van der Waals surface area contributed by atoms with Gasteiger partial charge in [0, 0.05) is 42.5 Å². The van der Waals surface area contributed by atoms with E-state index in [9.17, 15) is 18.0 Å². The molecule has 2 aromatic heterocycles. The molecule has 7 nitrogen and oxygen atoms in total. The maximum atomic E-state index is 13.9. The summed E-state index contributed by atoms with van der Waals surface area (Å²) in [5, 5.41) is 6.79. The maximum Gasteiger partial charge on any atom is 0.419 e. The van der Waals surface area contributed by atoms with Gasteiger partial charge in [-0.3, -0.25) is 4.79 Å². The van der Waals surface area contributed by atoms with Crippen molar-refractivity contribution in [2.24, 2.45) is 0 Å². The number of benzene rings is 1. The second-order valence-corrected chi connectivity index (χ2v) is 9.90. The van der Waals surface area contributed by atoms with E-state index >= 15 is 0 Å². The number of rotatable bonds is 0. The van der Waals surface area contributed by atoms with Crippen LogP contribution in [0.15, 0.2) is 29.0 Å². The Morgan fingerprint density at radius 2 is 1.89 bits per heavy atom. The fraction of sp³-hybridized carbons (Fsp3) is 0.458. The first-order valence-corrected chi connectivity index (χ1v) is 12.6. The number of H-pyrrole nitrogens is 1. The summed E-state index contributed by atoms with van der Waals surface area (Å²) < 4.78 is 42.3. The first-order chi connectivity index (χ1) is 16.8. The Balaban J connectivity index is 1.63. The minimum Gasteiger partial charge on any atom is -0.360 e. The number of carbonyl (C=O) groups excluding carboxylic acids is 1. The number of alkyl halides is 3. The van der Waals surface area contributed by atoms with Gasteiger partial charge >= 0.3 is 6.18 Å². The molecular weight excluding hydrogens is 525 g/mol. The number of hydrogen-bond donors (Lipinski definition) is 3. The lowest BCUT2D eigenvalue weighted by Gasteiger charge is -2.25. The summed E-state index contributed by atoms with van der Waals surface area (Å²) in [6.07, 6.45) is 2.52. The molecule has 3 aromatic rings. The number of fused-ring (bicyclic) bond motifs is 6. The van der Waals surface area contributed by atoms with E-state index in [0.717, 1.165) is 57.9 Å². The highest BCUT2D eigenvalue weighted by molar-refractivity contribution is 9.10. The number of halogens is 4. The van der Waals surface area contributed by atoms with E-state index in [1.54, 1.807) is 12.1 Å². The molecule has 0 radical (unpaired) electrons. The molecule has 1 amide bonds. The van der Waals surface area contributed by atoms with Gasteiger partial charge in [0.1, 0.15) is 5.56 Å². The zero-order valence-corrected chi connectivity index (χ0v) is 20.6. The molecule has 1 fully saturated rings. The smallest absolute Gasteiger partial charge is 0.360 e. The van der Waals surface area contributed by atoms with Crippen molar-refractivity contribution in [3.8, 4) is 11.3 Å². The van der Waals surface area contributed by atoms with Crippen LogP contribution in [0.25, 0.3) is 22.2 Å². The topological polar surface area (TPSA) is 85.9 Å². The van der Waals surface area contributed by atoms with Gasteiger partial charge in [0.05, 0.1) is 21.2 Å². The average Bonchev–Trinajstić information content (AvgIpc) is 3.12. The minimum absolute atomic E-state index is 0.0420. The SMILES string of the molecule is O=C1NCCCCN2CCCC[C@@H](C2)Nc2ncc(C(F)(F)F)c(n2)-c2c[nH]c3c(Br)c1ccc23. The molecule has 1 saturated heterocycles. The third kappa shape index (κ3) is 5.02. The minimum atomic E-state index is -4.62. The lowest BCUT2D eigenvalue weighted by molar-refractivity contribution is -0.137. The van der Waals surface area contributed by atoms with E-state index in [4.69, 9.17) is 0 Å². The normalized spacial score (nSPS) is 21.8. The Morgan fingerprint density at radius 1 is 1.09 bits per heavy atom. The molecule has 6 rings (SSSR count).